The van der Waals surface area contributed by atoms with Crippen molar-refractivity contribution in [2.24, 2.45) is 7.05 Å². The van der Waals surface area contributed by atoms with Crippen molar-refractivity contribution in [1.29, 1.82) is 0 Å². The molecule has 3 rings (SSSR count). The number of hydrogen-bond acceptors (Lipinski definition) is 4. The first kappa shape index (κ1) is 15.4. The van der Waals surface area contributed by atoms with Crippen LogP contribution in [0.15, 0.2) is 30.5 Å². The van der Waals surface area contributed by atoms with Gasteiger partial charge in [-0.05, 0) is 6.07 Å². The highest BCUT2D eigenvalue weighted by Gasteiger charge is 2.23. The molecule has 1 fully saturated rings. The molecule has 0 aliphatic carbocycles. The second kappa shape index (κ2) is 6.33. The number of thioether (sulfide) groups is 1. The monoisotopic (exact) mass is 332 g/mol. The van der Waals surface area contributed by atoms with Crippen LogP contribution in [0.25, 0.3) is 10.9 Å². The molecule has 8 heteroatoms. The lowest BCUT2D eigenvalue weighted by Crippen LogP contribution is -2.46. The maximum atomic E-state index is 12.3. The Morgan fingerprint density at radius 1 is 1.26 bits per heavy atom. The van der Waals surface area contributed by atoms with E-state index in [9.17, 15) is 14.4 Å². The van der Waals surface area contributed by atoms with Crippen molar-refractivity contribution in [3.05, 3.63) is 36.0 Å². The molecule has 2 N–H and O–H groups in total. The first-order chi connectivity index (χ1) is 11.1. The zero-order chi connectivity index (χ0) is 16.4. The molecule has 23 heavy (non-hydrogen) atoms. The SMILES string of the molecule is Cn1cc(C(=O)NNC(=O)CN2CCSC2=O)c2ccccc21. The molecule has 3 amide bonds. The van der Waals surface area contributed by atoms with Crippen molar-refractivity contribution in [3.8, 4) is 0 Å². The van der Waals surface area contributed by atoms with Gasteiger partial charge in [0.25, 0.3) is 17.1 Å². The first-order valence-corrected chi connectivity index (χ1v) is 8.10. The van der Waals surface area contributed by atoms with Crippen molar-refractivity contribution < 1.29 is 14.4 Å². The zero-order valence-electron chi connectivity index (χ0n) is 12.5. The second-order valence-corrected chi connectivity index (χ2v) is 6.26. The highest BCUT2D eigenvalue weighted by molar-refractivity contribution is 8.13. The van der Waals surface area contributed by atoms with Crippen LogP contribution in [-0.4, -0.2) is 45.4 Å². The van der Waals surface area contributed by atoms with E-state index in [1.807, 2.05) is 35.9 Å². The predicted octanol–water partition coefficient (Wildman–Crippen LogP) is 1.11. The van der Waals surface area contributed by atoms with E-state index in [1.165, 1.54) is 16.7 Å². The minimum absolute atomic E-state index is 0.0539. The number of nitrogens with zero attached hydrogens (tertiary/aromatic N) is 2. The lowest BCUT2D eigenvalue weighted by atomic mass is 10.2. The molecular weight excluding hydrogens is 316 g/mol. The van der Waals surface area contributed by atoms with Crippen LogP contribution in [-0.2, 0) is 11.8 Å². The highest BCUT2D eigenvalue weighted by Crippen LogP contribution is 2.20. The van der Waals surface area contributed by atoms with Gasteiger partial charge >= 0.3 is 0 Å². The Morgan fingerprint density at radius 2 is 2.04 bits per heavy atom. The van der Waals surface area contributed by atoms with Gasteiger partial charge in [0.1, 0.15) is 6.54 Å². The number of aromatic nitrogens is 1. The third-order valence-electron chi connectivity index (χ3n) is 3.64. The van der Waals surface area contributed by atoms with Crippen molar-refractivity contribution >= 4 is 39.7 Å². The summed E-state index contributed by atoms with van der Waals surface area (Å²) in [4.78, 5) is 37.0. The molecule has 0 radical (unpaired) electrons. The molecule has 0 bridgehead atoms. The molecule has 0 unspecified atom stereocenters. The Bertz CT molecular complexity index is 786. The van der Waals surface area contributed by atoms with Gasteiger partial charge in [0.2, 0.25) is 0 Å². The highest BCUT2D eigenvalue weighted by atomic mass is 32.2. The number of rotatable bonds is 3. The fraction of sp³-hybridized carbons (Fsp3) is 0.267. The average molecular weight is 332 g/mol. The van der Waals surface area contributed by atoms with E-state index in [0.717, 1.165) is 10.9 Å². The number of benzene rings is 1. The Labute approximate surface area is 137 Å². The van der Waals surface area contributed by atoms with Crippen LogP contribution in [0.5, 0.6) is 0 Å². The average Bonchev–Trinajstić information content (AvgIpc) is 3.10. The summed E-state index contributed by atoms with van der Waals surface area (Å²) in [6.45, 7) is 0.496. The third kappa shape index (κ3) is 3.16. The fourth-order valence-electron chi connectivity index (χ4n) is 2.50. The molecular formula is C15H16N4O3S. The summed E-state index contributed by atoms with van der Waals surface area (Å²) in [6, 6.07) is 7.53. The molecule has 1 aliphatic heterocycles. The van der Waals surface area contributed by atoms with Gasteiger partial charge in [-0.3, -0.25) is 25.2 Å². The molecule has 7 nitrogen and oxygen atoms in total. The standard InChI is InChI=1S/C15H16N4O3S/c1-18-8-11(10-4-2-3-5-12(10)18)14(21)17-16-13(20)9-19-6-7-23-15(19)22/h2-5,8H,6-7,9H2,1H3,(H,16,20)(H,17,21). The number of amides is 3. The van der Waals surface area contributed by atoms with E-state index in [1.54, 1.807) is 6.20 Å². The van der Waals surface area contributed by atoms with Gasteiger partial charge in [-0.1, -0.05) is 30.0 Å². The minimum atomic E-state index is -0.422. The summed E-state index contributed by atoms with van der Waals surface area (Å²) in [5.74, 6) is -0.124. The van der Waals surface area contributed by atoms with E-state index in [0.29, 0.717) is 17.9 Å². The zero-order valence-corrected chi connectivity index (χ0v) is 13.4. The number of carbonyl (C=O) groups excluding carboxylic acids is 3. The molecule has 0 saturated carbocycles. The maximum absolute atomic E-state index is 12.3. The van der Waals surface area contributed by atoms with Gasteiger partial charge in [0.05, 0.1) is 5.56 Å². The molecule has 2 aromatic rings. The molecule has 1 aliphatic rings. The van der Waals surface area contributed by atoms with E-state index >= 15 is 0 Å². The summed E-state index contributed by atoms with van der Waals surface area (Å²) in [6.07, 6.45) is 1.72. The molecule has 0 atom stereocenters. The molecule has 1 saturated heterocycles. The fourth-order valence-corrected chi connectivity index (χ4v) is 3.32. The number of aryl methyl sites for hydroxylation is 1. The number of nitrogens with one attached hydrogen (secondary N) is 2. The van der Waals surface area contributed by atoms with Crippen LogP contribution >= 0.6 is 11.8 Å². The Morgan fingerprint density at radius 3 is 2.78 bits per heavy atom. The van der Waals surface area contributed by atoms with Gasteiger partial charge in [-0.2, -0.15) is 0 Å². The van der Waals surface area contributed by atoms with E-state index in [4.69, 9.17) is 0 Å². The van der Waals surface area contributed by atoms with Gasteiger partial charge < -0.3 is 9.47 Å². The van der Waals surface area contributed by atoms with Crippen LogP contribution in [0, 0.1) is 0 Å². The second-order valence-electron chi connectivity index (χ2n) is 5.21. The van der Waals surface area contributed by atoms with E-state index in [2.05, 4.69) is 10.9 Å². The van der Waals surface area contributed by atoms with Crippen LogP contribution in [0.1, 0.15) is 10.4 Å². The summed E-state index contributed by atoms with van der Waals surface area (Å²) in [7, 11) is 1.86. The normalized spacial score (nSPS) is 14.3. The molecule has 2 heterocycles. The molecule has 1 aromatic heterocycles. The van der Waals surface area contributed by atoms with Crippen LogP contribution in [0.3, 0.4) is 0 Å². The largest absolute Gasteiger partial charge is 0.350 e. The van der Waals surface area contributed by atoms with E-state index in [-0.39, 0.29) is 11.8 Å². The van der Waals surface area contributed by atoms with E-state index < -0.39 is 11.8 Å². The maximum Gasteiger partial charge on any atom is 0.282 e. The number of carbonyl (C=O) groups is 3. The molecule has 1 aromatic carbocycles. The lowest BCUT2D eigenvalue weighted by molar-refractivity contribution is -0.122. The van der Waals surface area contributed by atoms with Gasteiger partial charge in [0, 0.05) is 36.4 Å². The van der Waals surface area contributed by atoms with Crippen LogP contribution in [0.4, 0.5) is 4.79 Å². The van der Waals surface area contributed by atoms with Gasteiger partial charge in [0.15, 0.2) is 0 Å². The summed E-state index contributed by atoms with van der Waals surface area (Å²) in [5.41, 5.74) is 6.16. The topological polar surface area (TPSA) is 83.4 Å². The van der Waals surface area contributed by atoms with Crippen molar-refractivity contribution in [2.45, 2.75) is 0 Å². The minimum Gasteiger partial charge on any atom is -0.350 e. The smallest absolute Gasteiger partial charge is 0.282 e. The summed E-state index contributed by atoms with van der Waals surface area (Å²) < 4.78 is 1.85. The quantitative estimate of drug-likeness (QED) is 0.825. The third-order valence-corrected chi connectivity index (χ3v) is 4.53. The van der Waals surface area contributed by atoms with Crippen molar-refractivity contribution in [2.75, 3.05) is 18.8 Å². The lowest BCUT2D eigenvalue weighted by Gasteiger charge is -2.14. The van der Waals surface area contributed by atoms with Crippen molar-refractivity contribution in [3.63, 3.8) is 0 Å². The van der Waals surface area contributed by atoms with Crippen LogP contribution in [0.2, 0.25) is 0 Å². The number of hydrazine groups is 1. The molecule has 0 spiro atoms. The van der Waals surface area contributed by atoms with Gasteiger partial charge in [-0.25, -0.2) is 0 Å². The Kier molecular flexibility index (Phi) is 4.24. The Balaban J connectivity index is 1.62. The molecule has 120 valence electrons. The predicted molar refractivity (Wildman–Crippen MR) is 88.0 cm³/mol. The summed E-state index contributed by atoms with van der Waals surface area (Å²) >= 11 is 1.19. The van der Waals surface area contributed by atoms with Gasteiger partial charge in [-0.15, -0.1) is 0 Å². The Hall–Kier alpha value is -2.48. The van der Waals surface area contributed by atoms with Crippen molar-refractivity contribution in [1.82, 2.24) is 20.3 Å². The number of para-hydroxylation sites is 1. The summed E-state index contributed by atoms with van der Waals surface area (Å²) in [5, 5.41) is 0.702. The number of hydrogen-bond donors (Lipinski definition) is 2. The number of fused-ring (bicyclic) bond motifs is 1. The first-order valence-electron chi connectivity index (χ1n) is 7.11. The van der Waals surface area contributed by atoms with Crippen LogP contribution < -0.4 is 10.9 Å².